The number of rotatable bonds is 3. The van der Waals surface area contributed by atoms with Crippen LogP contribution in [0.1, 0.15) is 72.1 Å². The average Bonchev–Trinajstić information content (AvgIpc) is 3.25. The van der Waals surface area contributed by atoms with Crippen LogP contribution in [-0.4, -0.2) is 16.9 Å². The highest BCUT2D eigenvalue weighted by Crippen LogP contribution is 2.54. The number of ketones is 1. The molecular weight excluding hydrogens is 420 g/mol. The van der Waals surface area contributed by atoms with Gasteiger partial charge in [0.05, 0.1) is 11.6 Å². The van der Waals surface area contributed by atoms with Crippen molar-refractivity contribution in [2.75, 3.05) is 0 Å². The normalized spacial score (nSPS) is 25.5. The quantitative estimate of drug-likeness (QED) is 0.567. The monoisotopic (exact) mass is 454 g/mol. The molecule has 2 atom stereocenters. The summed E-state index contributed by atoms with van der Waals surface area (Å²) in [5.74, 6) is 0.233. The summed E-state index contributed by atoms with van der Waals surface area (Å²) in [6, 6.07) is 12.9. The number of benzene rings is 1. The van der Waals surface area contributed by atoms with Crippen molar-refractivity contribution in [3.63, 3.8) is 0 Å². The number of aromatic nitrogens is 1. The zero-order chi connectivity index (χ0) is 24.3. The highest BCUT2D eigenvalue weighted by Gasteiger charge is 2.52. The second-order valence-electron chi connectivity index (χ2n) is 11.7. The number of carbonyl (C=O) groups excluding carboxylic acids is 1. The molecule has 2 unspecified atom stereocenters. The van der Waals surface area contributed by atoms with Gasteiger partial charge in [0.15, 0.2) is 11.9 Å². The van der Waals surface area contributed by atoms with Gasteiger partial charge in [-0.3, -0.25) is 9.78 Å². The van der Waals surface area contributed by atoms with Crippen LogP contribution >= 0.6 is 0 Å². The van der Waals surface area contributed by atoms with Crippen LogP contribution < -0.4 is 5.32 Å². The molecule has 2 aromatic rings. The van der Waals surface area contributed by atoms with Crippen LogP contribution in [0.3, 0.4) is 0 Å². The summed E-state index contributed by atoms with van der Waals surface area (Å²) in [5.41, 5.74) is 6.86. The molecule has 0 saturated heterocycles. The van der Waals surface area contributed by atoms with E-state index in [1.807, 2.05) is 12.4 Å². The van der Waals surface area contributed by atoms with Gasteiger partial charge in [0.1, 0.15) is 0 Å². The fraction of sp³-hybridized carbons (Fsp3) is 0.448. The lowest BCUT2D eigenvalue weighted by Gasteiger charge is -2.47. The zero-order valence-electron chi connectivity index (χ0n) is 21.1. The molecule has 1 N–H and O–H groups in total. The molecular formula is C29H34N4O. The molecule has 0 spiro atoms. The Balaban J connectivity index is 1.70. The molecule has 0 bridgehead atoms. The fourth-order valence-corrected chi connectivity index (χ4v) is 5.87. The van der Waals surface area contributed by atoms with Crippen molar-refractivity contribution >= 4 is 5.78 Å². The summed E-state index contributed by atoms with van der Waals surface area (Å²) in [6.45, 7) is 13.1. The summed E-state index contributed by atoms with van der Waals surface area (Å²) in [4.78, 5) is 18.3. The molecule has 5 heteroatoms. The average molecular weight is 455 g/mol. The molecule has 2 aliphatic heterocycles. The molecule has 34 heavy (non-hydrogen) atoms. The van der Waals surface area contributed by atoms with Crippen molar-refractivity contribution in [1.82, 2.24) is 10.3 Å². The van der Waals surface area contributed by atoms with Gasteiger partial charge in [0.25, 0.3) is 0 Å². The maximum absolute atomic E-state index is 13.7. The standard InChI is InChI=1S/C29H34N4O/c1-7-29(20-10-8-9-18(13-20)19-11-12-30-24(14-19)27(2,3)4)21-17-31-33-26(21)32-22-15-28(5,6)16-23(34)25(22)29/h8-14,17,26,32H,7,15-16H2,1-6H3. The summed E-state index contributed by atoms with van der Waals surface area (Å²) < 4.78 is 0. The molecule has 5 rings (SSSR count). The van der Waals surface area contributed by atoms with E-state index in [0.29, 0.717) is 6.42 Å². The number of pyridine rings is 1. The molecule has 3 heterocycles. The minimum Gasteiger partial charge on any atom is -0.362 e. The number of Topliss-reactive ketones (excluding diaryl/α,β-unsaturated/α-hetero) is 1. The van der Waals surface area contributed by atoms with Crippen LogP contribution in [0.15, 0.2) is 75.9 Å². The third kappa shape index (κ3) is 3.53. The first-order chi connectivity index (χ1) is 16.0. The molecule has 1 aromatic carbocycles. The van der Waals surface area contributed by atoms with Gasteiger partial charge in [-0.1, -0.05) is 59.7 Å². The second kappa shape index (κ2) is 7.72. The van der Waals surface area contributed by atoms with E-state index in [0.717, 1.165) is 52.1 Å². The van der Waals surface area contributed by atoms with Gasteiger partial charge >= 0.3 is 0 Å². The van der Waals surface area contributed by atoms with Gasteiger partial charge in [-0.05, 0) is 53.1 Å². The van der Waals surface area contributed by atoms with Crippen LogP contribution in [0.4, 0.5) is 0 Å². The predicted octanol–water partition coefficient (Wildman–Crippen LogP) is 6.62. The third-order valence-electron chi connectivity index (χ3n) is 7.53. The summed E-state index contributed by atoms with van der Waals surface area (Å²) in [7, 11) is 0. The van der Waals surface area contributed by atoms with E-state index in [1.54, 1.807) is 0 Å². The van der Waals surface area contributed by atoms with Gasteiger partial charge in [-0.2, -0.15) is 10.2 Å². The number of hydrogen-bond acceptors (Lipinski definition) is 5. The number of fused-ring (bicyclic) bond motifs is 1. The molecule has 0 amide bonds. The van der Waals surface area contributed by atoms with Crippen LogP contribution in [-0.2, 0) is 15.6 Å². The molecule has 3 aliphatic rings. The number of nitrogens with zero attached hydrogens (tertiary/aromatic N) is 3. The Morgan fingerprint density at radius 1 is 1.09 bits per heavy atom. The summed E-state index contributed by atoms with van der Waals surface area (Å²) in [5, 5.41) is 12.3. The van der Waals surface area contributed by atoms with E-state index in [1.165, 1.54) is 0 Å². The topological polar surface area (TPSA) is 66.7 Å². The Morgan fingerprint density at radius 3 is 2.59 bits per heavy atom. The van der Waals surface area contributed by atoms with Crippen LogP contribution in [0.5, 0.6) is 0 Å². The number of nitrogens with one attached hydrogen (secondary N) is 1. The summed E-state index contributed by atoms with van der Waals surface area (Å²) >= 11 is 0. The highest BCUT2D eigenvalue weighted by molar-refractivity contribution is 6.01. The second-order valence-corrected chi connectivity index (χ2v) is 11.7. The first-order valence-corrected chi connectivity index (χ1v) is 12.3. The largest absolute Gasteiger partial charge is 0.362 e. The molecule has 1 aromatic heterocycles. The van der Waals surface area contributed by atoms with E-state index in [2.05, 4.69) is 98.5 Å². The highest BCUT2D eigenvalue weighted by atomic mass is 16.1. The van der Waals surface area contributed by atoms with Gasteiger partial charge in [0.2, 0.25) is 0 Å². The van der Waals surface area contributed by atoms with Crippen molar-refractivity contribution < 1.29 is 4.79 Å². The first-order valence-electron chi connectivity index (χ1n) is 12.3. The van der Waals surface area contributed by atoms with Crippen LogP contribution in [0.25, 0.3) is 11.1 Å². The van der Waals surface area contributed by atoms with Crippen molar-refractivity contribution in [3.05, 3.63) is 76.9 Å². The Morgan fingerprint density at radius 2 is 1.85 bits per heavy atom. The minimum atomic E-state index is -0.530. The van der Waals surface area contributed by atoms with Crippen molar-refractivity contribution in [3.8, 4) is 11.1 Å². The number of azo groups is 1. The SMILES string of the molecule is CCC1(c2cccc(-c3ccnc(C(C)(C)C)c3)c2)C2=CN=NC2NC2=C1C(=O)CC(C)(C)C2. The smallest absolute Gasteiger partial charge is 0.164 e. The maximum Gasteiger partial charge on any atom is 0.164 e. The van der Waals surface area contributed by atoms with Crippen molar-refractivity contribution in [2.24, 2.45) is 15.6 Å². The Labute approximate surface area is 202 Å². The molecule has 5 nitrogen and oxygen atoms in total. The predicted molar refractivity (Wildman–Crippen MR) is 135 cm³/mol. The number of hydrogen-bond donors (Lipinski definition) is 1. The first kappa shape index (κ1) is 22.7. The van der Waals surface area contributed by atoms with Gasteiger partial charge < -0.3 is 5.32 Å². The molecule has 0 radical (unpaired) electrons. The summed E-state index contributed by atoms with van der Waals surface area (Å²) in [6.07, 6.45) is 5.73. The van der Waals surface area contributed by atoms with E-state index >= 15 is 0 Å². The van der Waals surface area contributed by atoms with Crippen LogP contribution in [0.2, 0.25) is 0 Å². The molecule has 0 saturated carbocycles. The fourth-order valence-electron chi connectivity index (χ4n) is 5.87. The minimum absolute atomic E-state index is 0.0285. The van der Waals surface area contributed by atoms with Gasteiger partial charge in [-0.15, -0.1) is 0 Å². The zero-order valence-corrected chi connectivity index (χ0v) is 21.1. The van der Waals surface area contributed by atoms with E-state index in [9.17, 15) is 4.79 Å². The molecule has 176 valence electrons. The Hall–Kier alpha value is -3.08. The van der Waals surface area contributed by atoms with Gasteiger partial charge in [0, 0.05) is 40.6 Å². The lowest BCUT2D eigenvalue weighted by Crippen LogP contribution is -2.51. The van der Waals surface area contributed by atoms with Crippen molar-refractivity contribution in [1.29, 1.82) is 0 Å². The lowest BCUT2D eigenvalue weighted by atomic mass is 9.58. The Bertz CT molecular complexity index is 1260. The van der Waals surface area contributed by atoms with E-state index < -0.39 is 5.41 Å². The third-order valence-corrected chi connectivity index (χ3v) is 7.53. The lowest BCUT2D eigenvalue weighted by molar-refractivity contribution is -0.119. The molecule has 1 aliphatic carbocycles. The Kier molecular flexibility index (Phi) is 5.16. The van der Waals surface area contributed by atoms with Gasteiger partial charge in [-0.25, -0.2) is 0 Å². The van der Waals surface area contributed by atoms with Crippen LogP contribution in [0, 0.1) is 5.41 Å². The van der Waals surface area contributed by atoms with E-state index in [4.69, 9.17) is 0 Å². The van der Waals surface area contributed by atoms with Crippen molar-refractivity contribution in [2.45, 2.75) is 77.8 Å². The van der Waals surface area contributed by atoms with E-state index in [-0.39, 0.29) is 22.8 Å². The maximum atomic E-state index is 13.7. The number of allylic oxidation sites excluding steroid dienone is 2. The molecule has 0 fully saturated rings. The number of carbonyl (C=O) groups is 1.